The molecule has 0 radical (unpaired) electrons. The summed E-state index contributed by atoms with van der Waals surface area (Å²) in [5.74, 6) is 1.08. The first-order valence-electron chi connectivity index (χ1n) is 7.85. The zero-order chi connectivity index (χ0) is 15.4. The van der Waals surface area contributed by atoms with E-state index < -0.39 is 0 Å². The summed E-state index contributed by atoms with van der Waals surface area (Å²) < 4.78 is 6.20. The Labute approximate surface area is 164 Å². The van der Waals surface area contributed by atoms with Gasteiger partial charge in [-0.2, -0.15) is 18.2 Å². The van der Waals surface area contributed by atoms with E-state index >= 15 is 0 Å². The summed E-state index contributed by atoms with van der Waals surface area (Å²) in [4.78, 5) is 0. The third-order valence-corrected chi connectivity index (χ3v) is 3.55. The molecule has 0 fully saturated rings. The van der Waals surface area contributed by atoms with Crippen molar-refractivity contribution in [2.24, 2.45) is 0 Å². The van der Waals surface area contributed by atoms with Crippen molar-refractivity contribution in [1.29, 1.82) is 0 Å². The van der Waals surface area contributed by atoms with Crippen LogP contribution in [0.4, 0.5) is 0 Å². The summed E-state index contributed by atoms with van der Waals surface area (Å²) in [6.07, 6.45) is 3.58. The normalized spacial score (nSPS) is 11.4. The third kappa shape index (κ3) is 7.23. The Morgan fingerprint density at radius 1 is 0.909 bits per heavy atom. The molecule has 122 valence electrons. The first-order valence-corrected chi connectivity index (χ1v) is 7.85. The Morgan fingerprint density at radius 2 is 1.36 bits per heavy atom. The van der Waals surface area contributed by atoms with E-state index in [1.165, 1.54) is 24.0 Å². The van der Waals surface area contributed by atoms with Crippen LogP contribution in [0.1, 0.15) is 78.9 Å². The van der Waals surface area contributed by atoms with E-state index in [9.17, 15) is 0 Å². The summed E-state index contributed by atoms with van der Waals surface area (Å²) >= 11 is 0. The van der Waals surface area contributed by atoms with E-state index in [-0.39, 0.29) is 50.9 Å². The van der Waals surface area contributed by atoms with Gasteiger partial charge in [0.15, 0.2) is 0 Å². The van der Waals surface area contributed by atoms with Gasteiger partial charge in [0.25, 0.3) is 0 Å². The molecule has 1 nitrogen and oxygen atoms in total. The first-order chi connectivity index (χ1) is 9.18. The molecule has 22 heavy (non-hydrogen) atoms. The largest absolute Gasteiger partial charge is 2.00 e. The minimum absolute atomic E-state index is 0. The van der Waals surface area contributed by atoms with Crippen LogP contribution in [-0.4, -0.2) is 29.7 Å². The molecule has 0 aliphatic heterocycles. The summed E-state index contributed by atoms with van der Waals surface area (Å²) in [6.45, 7) is 16.5. The van der Waals surface area contributed by atoms with E-state index in [1.54, 1.807) is 0 Å². The predicted molar refractivity (Wildman–Crippen MR) is 93.5 cm³/mol. The molecule has 0 aromatic heterocycles. The van der Waals surface area contributed by atoms with Crippen LogP contribution in [0, 0.1) is 6.07 Å². The van der Waals surface area contributed by atoms with Crippen LogP contribution >= 0.6 is 0 Å². The zero-order valence-corrected chi connectivity index (χ0v) is 18.5. The molecule has 0 bridgehead atoms. The van der Waals surface area contributed by atoms with Gasteiger partial charge >= 0.3 is 23.1 Å². The monoisotopic (exact) mass is 378 g/mol. The van der Waals surface area contributed by atoms with Crippen LogP contribution in [0.25, 0.3) is 0 Å². The topological polar surface area (TPSA) is 9.23 Å². The number of halogens is 1. The van der Waals surface area contributed by atoms with Crippen molar-refractivity contribution in [3.63, 3.8) is 0 Å². The molecule has 0 atom stereocenters. The van der Waals surface area contributed by atoms with Crippen molar-refractivity contribution in [3.05, 3.63) is 29.3 Å². The molecule has 0 saturated heterocycles. The van der Waals surface area contributed by atoms with Gasteiger partial charge in [0.05, 0.1) is 6.61 Å². The molecular formula is C19H31BrMgO. The van der Waals surface area contributed by atoms with Crippen LogP contribution in [0.2, 0.25) is 0 Å². The Hall–Kier alpha value is 0.266. The number of hydrogen-bond acceptors (Lipinski definition) is 1. The molecule has 0 saturated carbocycles. The maximum absolute atomic E-state index is 6.20. The molecule has 0 spiro atoms. The third-order valence-electron chi connectivity index (χ3n) is 3.55. The number of ether oxygens (including phenoxy) is 1. The van der Waals surface area contributed by atoms with Crippen molar-refractivity contribution < 1.29 is 21.7 Å². The molecule has 0 N–H and O–H groups in total. The minimum atomic E-state index is 0. The number of rotatable bonds is 5. The molecule has 0 heterocycles. The summed E-state index contributed by atoms with van der Waals surface area (Å²) in [5, 5.41) is 0. The van der Waals surface area contributed by atoms with Crippen molar-refractivity contribution in [2.45, 2.75) is 78.6 Å². The summed E-state index contributed by atoms with van der Waals surface area (Å²) in [6, 6.07) is 7.48. The standard InChI is InChI=1S/C19H31O.BrH.Mg/c1-8-9-10-14-20-17-15(18(2,3)4)12-11-13-16(17)19(5,6)7;;/h12-13H,8-10,14H2,1-7H3;1H;/q-1;;+2/p-1. The average Bonchev–Trinajstić information content (AvgIpc) is 2.32. The first kappa shape index (κ1) is 24.5. The fourth-order valence-electron chi connectivity index (χ4n) is 2.28. The fourth-order valence-corrected chi connectivity index (χ4v) is 2.28. The molecule has 3 heteroatoms. The molecule has 0 unspecified atom stereocenters. The second kappa shape index (κ2) is 10.2. The number of hydrogen-bond donors (Lipinski definition) is 0. The van der Waals surface area contributed by atoms with E-state index in [0.717, 1.165) is 18.8 Å². The van der Waals surface area contributed by atoms with E-state index in [4.69, 9.17) is 4.74 Å². The molecule has 0 aliphatic rings. The van der Waals surface area contributed by atoms with Gasteiger partial charge in [0, 0.05) is 5.75 Å². The van der Waals surface area contributed by atoms with E-state index in [2.05, 4.69) is 66.7 Å². The van der Waals surface area contributed by atoms with Crippen LogP contribution in [0.15, 0.2) is 12.1 Å². The Kier molecular flexibility index (Phi) is 11.4. The van der Waals surface area contributed by atoms with Crippen LogP contribution < -0.4 is 21.7 Å². The molecule has 0 amide bonds. The maximum Gasteiger partial charge on any atom is 2.00 e. The van der Waals surface area contributed by atoms with Gasteiger partial charge in [0.1, 0.15) is 0 Å². The molecular weight excluding hydrogens is 348 g/mol. The second-order valence-corrected chi connectivity index (χ2v) is 7.67. The minimum Gasteiger partial charge on any atom is -1.00 e. The van der Waals surface area contributed by atoms with Crippen molar-refractivity contribution in [3.8, 4) is 5.75 Å². The quantitative estimate of drug-likeness (QED) is 0.433. The smallest absolute Gasteiger partial charge is 1.00 e. The van der Waals surface area contributed by atoms with Gasteiger partial charge in [-0.25, -0.2) is 0 Å². The van der Waals surface area contributed by atoms with Gasteiger partial charge in [-0.15, -0.1) is 11.1 Å². The van der Waals surface area contributed by atoms with Crippen LogP contribution in [0.5, 0.6) is 5.75 Å². The van der Waals surface area contributed by atoms with Crippen molar-refractivity contribution in [1.82, 2.24) is 0 Å². The fraction of sp³-hybridized carbons (Fsp3) is 0.684. The average molecular weight is 380 g/mol. The molecule has 1 aromatic rings. The molecule has 1 aromatic carbocycles. The SMILES string of the molecule is CCCCCOc1c(C(C)(C)C)c[c-]cc1C(C)(C)C.[Br-].[Mg+2]. The van der Waals surface area contributed by atoms with Crippen LogP contribution in [0.3, 0.4) is 0 Å². The van der Waals surface area contributed by atoms with Crippen molar-refractivity contribution in [2.75, 3.05) is 6.61 Å². The number of unbranched alkanes of at least 4 members (excludes halogenated alkanes) is 2. The number of benzene rings is 1. The summed E-state index contributed by atoms with van der Waals surface area (Å²) in [7, 11) is 0. The van der Waals surface area contributed by atoms with Gasteiger partial charge < -0.3 is 21.7 Å². The predicted octanol–water partition coefficient (Wildman–Crippen LogP) is 2.27. The van der Waals surface area contributed by atoms with Gasteiger partial charge in [-0.3, -0.25) is 0 Å². The van der Waals surface area contributed by atoms with Gasteiger partial charge in [0.2, 0.25) is 0 Å². The second-order valence-electron chi connectivity index (χ2n) is 7.67. The Balaban J connectivity index is 0. The Morgan fingerprint density at radius 3 is 1.73 bits per heavy atom. The van der Waals surface area contributed by atoms with E-state index in [0.29, 0.717) is 0 Å². The molecule has 1 rings (SSSR count). The maximum atomic E-state index is 6.20. The Bertz CT molecular complexity index is 398. The van der Waals surface area contributed by atoms with E-state index in [1.807, 2.05) is 0 Å². The van der Waals surface area contributed by atoms with Crippen molar-refractivity contribution >= 4 is 23.1 Å². The summed E-state index contributed by atoms with van der Waals surface area (Å²) in [5.41, 5.74) is 2.69. The van der Waals surface area contributed by atoms with Gasteiger partial charge in [-0.1, -0.05) is 72.1 Å². The zero-order valence-electron chi connectivity index (χ0n) is 15.5. The van der Waals surface area contributed by atoms with Crippen LogP contribution in [-0.2, 0) is 10.8 Å². The molecule has 0 aliphatic carbocycles. The van der Waals surface area contributed by atoms with Gasteiger partial charge in [-0.05, 0) is 6.42 Å².